The van der Waals surface area contributed by atoms with Gasteiger partial charge in [0.1, 0.15) is 5.60 Å². The van der Waals surface area contributed by atoms with Crippen molar-refractivity contribution in [1.29, 1.82) is 0 Å². The molecular formula is C25H16Br2O2. The Balaban J connectivity index is 1.72. The highest BCUT2D eigenvalue weighted by molar-refractivity contribution is 9.10. The van der Waals surface area contributed by atoms with E-state index in [1.165, 1.54) is 0 Å². The molecule has 0 spiro atoms. The first-order chi connectivity index (χ1) is 14.0. The van der Waals surface area contributed by atoms with Gasteiger partial charge in [-0.05, 0) is 51.7 Å². The minimum atomic E-state index is -1.29. The van der Waals surface area contributed by atoms with Crippen molar-refractivity contribution >= 4 is 48.4 Å². The summed E-state index contributed by atoms with van der Waals surface area (Å²) >= 11 is 6.92. The Morgan fingerprint density at radius 3 is 1.93 bits per heavy atom. The average Bonchev–Trinajstić information content (AvgIpc) is 2.72. The van der Waals surface area contributed by atoms with Gasteiger partial charge in [0.15, 0.2) is 5.78 Å². The Morgan fingerprint density at radius 1 is 0.724 bits per heavy atom. The molecule has 0 saturated carbocycles. The van der Waals surface area contributed by atoms with Crippen LogP contribution in [0.5, 0.6) is 0 Å². The third-order valence-corrected chi connectivity index (χ3v) is 6.60. The molecule has 4 heteroatoms. The minimum absolute atomic E-state index is 0.0687. The lowest BCUT2D eigenvalue weighted by atomic mass is 9.71. The normalized spacial score (nSPS) is 14.5. The lowest BCUT2D eigenvalue weighted by Crippen LogP contribution is -2.37. The van der Waals surface area contributed by atoms with Gasteiger partial charge in [0.05, 0.1) is 0 Å². The first kappa shape index (κ1) is 18.7. The molecule has 142 valence electrons. The highest BCUT2D eigenvalue weighted by atomic mass is 79.9. The number of rotatable bonds is 2. The van der Waals surface area contributed by atoms with Gasteiger partial charge < -0.3 is 5.11 Å². The largest absolute Gasteiger partial charge is 0.380 e. The smallest absolute Gasteiger partial charge is 0.193 e. The Morgan fingerprint density at radius 2 is 1.31 bits per heavy atom. The van der Waals surface area contributed by atoms with Crippen LogP contribution in [0.4, 0.5) is 0 Å². The molecule has 1 aliphatic carbocycles. The van der Waals surface area contributed by atoms with Crippen molar-refractivity contribution in [2.24, 2.45) is 0 Å². The molecule has 4 aromatic carbocycles. The quantitative estimate of drug-likeness (QED) is 0.341. The molecule has 0 saturated heterocycles. The summed E-state index contributed by atoms with van der Waals surface area (Å²) in [7, 11) is 0. The zero-order chi connectivity index (χ0) is 20.2. The summed E-state index contributed by atoms with van der Waals surface area (Å²) in [6.45, 7) is 0. The molecule has 0 heterocycles. The number of hydrogen-bond acceptors (Lipinski definition) is 2. The van der Waals surface area contributed by atoms with Crippen molar-refractivity contribution in [2.45, 2.75) is 12.0 Å². The summed E-state index contributed by atoms with van der Waals surface area (Å²) in [4.78, 5) is 13.2. The Kier molecular flexibility index (Phi) is 4.46. The summed E-state index contributed by atoms with van der Waals surface area (Å²) in [6, 6.07) is 25.5. The fourth-order valence-corrected chi connectivity index (χ4v) is 4.98. The van der Waals surface area contributed by atoms with Gasteiger partial charge in [-0.25, -0.2) is 0 Å². The summed E-state index contributed by atoms with van der Waals surface area (Å²) < 4.78 is 1.63. The summed E-state index contributed by atoms with van der Waals surface area (Å²) in [5.41, 5.74) is 2.09. The van der Waals surface area contributed by atoms with Gasteiger partial charge in [-0.1, -0.05) is 86.5 Å². The van der Waals surface area contributed by atoms with E-state index in [9.17, 15) is 9.90 Å². The standard InChI is InChI=1S/C25H16Br2O2/c26-18-7-9-22-20(12-18)24(28)21-13-19(27)8-10-23(21)25(22,29)14-15-5-6-16-3-1-2-4-17(16)11-15/h1-13,29H,14H2. The number of carbonyl (C=O) groups excluding carboxylic acids is 1. The van der Waals surface area contributed by atoms with Crippen LogP contribution in [0, 0.1) is 0 Å². The highest BCUT2D eigenvalue weighted by Gasteiger charge is 2.42. The first-order valence-electron chi connectivity index (χ1n) is 9.30. The molecule has 0 aliphatic heterocycles. The van der Waals surface area contributed by atoms with Crippen LogP contribution in [0.2, 0.25) is 0 Å². The third kappa shape index (κ3) is 3.07. The monoisotopic (exact) mass is 506 g/mol. The number of ketones is 1. The lowest BCUT2D eigenvalue weighted by molar-refractivity contribution is 0.0720. The molecule has 4 aromatic rings. The zero-order valence-corrected chi connectivity index (χ0v) is 18.5. The van der Waals surface area contributed by atoms with Crippen molar-refractivity contribution in [1.82, 2.24) is 0 Å². The highest BCUT2D eigenvalue weighted by Crippen LogP contribution is 2.43. The van der Waals surface area contributed by atoms with Gasteiger partial charge in [0, 0.05) is 26.5 Å². The van der Waals surface area contributed by atoms with Crippen LogP contribution < -0.4 is 0 Å². The fraction of sp³-hybridized carbons (Fsp3) is 0.0800. The molecule has 29 heavy (non-hydrogen) atoms. The maximum atomic E-state index is 13.2. The van der Waals surface area contributed by atoms with Crippen LogP contribution in [0.3, 0.4) is 0 Å². The van der Waals surface area contributed by atoms with Gasteiger partial charge in [-0.15, -0.1) is 0 Å². The van der Waals surface area contributed by atoms with Crippen LogP contribution in [0.1, 0.15) is 32.6 Å². The van der Waals surface area contributed by atoms with Gasteiger partial charge in [-0.2, -0.15) is 0 Å². The maximum absolute atomic E-state index is 13.2. The van der Waals surface area contributed by atoms with Gasteiger partial charge >= 0.3 is 0 Å². The second kappa shape index (κ2) is 6.91. The van der Waals surface area contributed by atoms with Crippen LogP contribution in [0.15, 0.2) is 87.8 Å². The molecule has 2 nitrogen and oxygen atoms in total. The number of carbonyl (C=O) groups is 1. The van der Waals surface area contributed by atoms with Crippen LogP contribution in [-0.4, -0.2) is 10.9 Å². The molecule has 0 aromatic heterocycles. The van der Waals surface area contributed by atoms with Gasteiger partial charge in [0.25, 0.3) is 0 Å². The van der Waals surface area contributed by atoms with Crippen molar-refractivity contribution in [3.63, 3.8) is 0 Å². The van der Waals surface area contributed by atoms with Crippen LogP contribution in [0.25, 0.3) is 10.8 Å². The number of aliphatic hydroxyl groups is 1. The third-order valence-electron chi connectivity index (χ3n) is 5.62. The van der Waals surface area contributed by atoms with Crippen molar-refractivity contribution in [3.8, 4) is 0 Å². The Bertz CT molecular complexity index is 1240. The van der Waals surface area contributed by atoms with E-state index < -0.39 is 5.60 Å². The molecule has 0 unspecified atom stereocenters. The molecule has 0 atom stereocenters. The van der Waals surface area contributed by atoms with Gasteiger partial charge in [-0.3, -0.25) is 4.79 Å². The molecular weight excluding hydrogens is 492 g/mol. The molecule has 0 fully saturated rings. The zero-order valence-electron chi connectivity index (χ0n) is 15.3. The number of benzene rings is 4. The summed E-state index contributed by atoms with van der Waals surface area (Å²) in [6.07, 6.45) is 0.383. The first-order valence-corrected chi connectivity index (χ1v) is 10.9. The molecule has 5 rings (SSSR count). The van der Waals surface area contributed by atoms with E-state index >= 15 is 0 Å². The van der Waals surface area contributed by atoms with E-state index in [0.29, 0.717) is 28.7 Å². The number of hydrogen-bond donors (Lipinski definition) is 1. The second-order valence-electron chi connectivity index (χ2n) is 7.43. The predicted octanol–water partition coefficient (Wildman–Crippen LogP) is 6.39. The van der Waals surface area contributed by atoms with E-state index in [2.05, 4.69) is 56.1 Å². The lowest BCUT2D eigenvalue weighted by Gasteiger charge is -2.36. The Hall–Kier alpha value is -2.27. The van der Waals surface area contributed by atoms with E-state index in [1.807, 2.05) is 42.5 Å². The molecule has 1 N–H and O–H groups in total. The number of fused-ring (bicyclic) bond motifs is 3. The number of halogens is 2. The fourth-order valence-electron chi connectivity index (χ4n) is 4.25. The van der Waals surface area contributed by atoms with Crippen LogP contribution >= 0.6 is 31.9 Å². The second-order valence-corrected chi connectivity index (χ2v) is 9.26. The Labute approximate surface area is 185 Å². The van der Waals surface area contributed by atoms with E-state index in [-0.39, 0.29) is 5.78 Å². The van der Waals surface area contributed by atoms with Crippen molar-refractivity contribution < 1.29 is 9.90 Å². The van der Waals surface area contributed by atoms with E-state index in [0.717, 1.165) is 25.3 Å². The molecule has 0 amide bonds. The maximum Gasteiger partial charge on any atom is 0.193 e. The minimum Gasteiger partial charge on any atom is -0.380 e. The van der Waals surface area contributed by atoms with Crippen LogP contribution in [-0.2, 0) is 12.0 Å². The average molecular weight is 508 g/mol. The predicted molar refractivity (Wildman–Crippen MR) is 122 cm³/mol. The van der Waals surface area contributed by atoms with Crippen molar-refractivity contribution in [2.75, 3.05) is 0 Å². The molecule has 0 bridgehead atoms. The SMILES string of the molecule is O=C1c2cc(Br)ccc2C(O)(Cc2ccc3ccccc3c2)c2ccc(Br)cc21. The van der Waals surface area contributed by atoms with Gasteiger partial charge in [0.2, 0.25) is 0 Å². The van der Waals surface area contributed by atoms with E-state index in [1.54, 1.807) is 12.1 Å². The summed E-state index contributed by atoms with van der Waals surface area (Å²) in [5.74, 6) is -0.0687. The summed E-state index contributed by atoms with van der Waals surface area (Å²) in [5, 5.41) is 14.3. The molecule has 0 radical (unpaired) electrons. The molecule has 1 aliphatic rings. The van der Waals surface area contributed by atoms with Crippen molar-refractivity contribution in [3.05, 3.63) is 116 Å². The topological polar surface area (TPSA) is 37.3 Å². The van der Waals surface area contributed by atoms with E-state index in [4.69, 9.17) is 0 Å².